The first-order valence-corrected chi connectivity index (χ1v) is 10.2. The lowest BCUT2D eigenvalue weighted by atomic mass is 10.1. The fraction of sp³-hybridized carbons (Fsp3) is 0.636. The number of para-hydroxylation sites is 1. The number of hydrogen-bond donors (Lipinski definition) is 0. The van der Waals surface area contributed by atoms with Crippen LogP contribution in [-0.4, -0.2) is 32.8 Å². The second-order valence-corrected chi connectivity index (χ2v) is 6.66. The number of hydrogen-bond acceptors (Lipinski definition) is 6. The second-order valence-electron chi connectivity index (χ2n) is 6.66. The van der Waals surface area contributed by atoms with Crippen LogP contribution in [0.3, 0.4) is 0 Å². The fourth-order valence-electron chi connectivity index (χ4n) is 2.78. The molecule has 1 rings (SSSR count). The third-order valence-electron chi connectivity index (χ3n) is 4.37. The Labute approximate surface area is 168 Å². The first-order valence-electron chi connectivity index (χ1n) is 10.2. The van der Waals surface area contributed by atoms with Gasteiger partial charge in [0.1, 0.15) is 0 Å². The van der Waals surface area contributed by atoms with Crippen LogP contribution in [0.5, 0.6) is 17.2 Å². The van der Waals surface area contributed by atoms with E-state index in [2.05, 4.69) is 6.92 Å². The van der Waals surface area contributed by atoms with E-state index in [1.165, 1.54) is 46.3 Å². The molecule has 0 fully saturated rings. The molecular formula is C22H34O6. The third kappa shape index (κ3) is 9.62. The van der Waals surface area contributed by atoms with Gasteiger partial charge in [0.15, 0.2) is 11.5 Å². The molecule has 1 aromatic rings. The molecule has 1 aromatic carbocycles. The summed E-state index contributed by atoms with van der Waals surface area (Å²) in [6.45, 7) is 2.66. The van der Waals surface area contributed by atoms with Crippen molar-refractivity contribution in [3.05, 3.63) is 18.2 Å². The summed E-state index contributed by atoms with van der Waals surface area (Å²) in [5, 5.41) is 0. The van der Waals surface area contributed by atoms with E-state index in [4.69, 9.17) is 18.9 Å². The van der Waals surface area contributed by atoms with Crippen molar-refractivity contribution in [1.82, 2.24) is 0 Å². The highest BCUT2D eigenvalue weighted by molar-refractivity contribution is 5.75. The first-order chi connectivity index (χ1) is 13.6. The number of esters is 2. The van der Waals surface area contributed by atoms with Gasteiger partial charge in [0, 0.05) is 12.8 Å². The summed E-state index contributed by atoms with van der Waals surface area (Å²) in [5.74, 6) is 0.374. The van der Waals surface area contributed by atoms with Crippen LogP contribution < -0.4 is 14.2 Å². The first kappa shape index (κ1) is 23.8. The zero-order valence-corrected chi connectivity index (χ0v) is 17.5. The number of carbonyl (C=O) groups excluding carboxylic acids is 2. The summed E-state index contributed by atoms with van der Waals surface area (Å²) >= 11 is 0. The van der Waals surface area contributed by atoms with Crippen molar-refractivity contribution >= 4 is 11.9 Å². The summed E-state index contributed by atoms with van der Waals surface area (Å²) < 4.78 is 20.9. The molecule has 6 nitrogen and oxygen atoms in total. The molecule has 0 saturated heterocycles. The van der Waals surface area contributed by atoms with Crippen molar-refractivity contribution in [1.29, 1.82) is 0 Å². The predicted molar refractivity (Wildman–Crippen MR) is 108 cm³/mol. The Morgan fingerprint density at radius 2 is 1.36 bits per heavy atom. The standard InChI is InChI=1S/C22H34O6/c1-4-5-6-7-8-9-10-17-27-20(23)15-12-16-21(24)28-22-18(25-2)13-11-14-19(22)26-3/h11,13-14H,4-10,12,15-17H2,1-3H3. The van der Waals surface area contributed by atoms with E-state index in [1.807, 2.05) is 0 Å². The molecule has 0 aliphatic carbocycles. The Kier molecular flexibility index (Phi) is 12.6. The quantitative estimate of drug-likeness (QED) is 0.235. The average molecular weight is 395 g/mol. The van der Waals surface area contributed by atoms with Gasteiger partial charge in [-0.15, -0.1) is 0 Å². The van der Waals surface area contributed by atoms with Crippen molar-refractivity contribution in [2.45, 2.75) is 71.1 Å². The third-order valence-corrected chi connectivity index (χ3v) is 4.37. The van der Waals surface area contributed by atoms with Crippen LogP contribution in [0.25, 0.3) is 0 Å². The summed E-state index contributed by atoms with van der Waals surface area (Å²) in [6.07, 6.45) is 8.95. The highest BCUT2D eigenvalue weighted by Crippen LogP contribution is 2.37. The lowest BCUT2D eigenvalue weighted by molar-refractivity contribution is -0.144. The highest BCUT2D eigenvalue weighted by Gasteiger charge is 2.16. The molecule has 0 N–H and O–H groups in total. The van der Waals surface area contributed by atoms with Gasteiger partial charge < -0.3 is 18.9 Å². The Morgan fingerprint density at radius 1 is 0.786 bits per heavy atom. The normalized spacial score (nSPS) is 10.4. The van der Waals surface area contributed by atoms with Crippen LogP contribution in [-0.2, 0) is 14.3 Å². The van der Waals surface area contributed by atoms with E-state index in [-0.39, 0.29) is 24.6 Å². The summed E-state index contributed by atoms with van der Waals surface area (Å²) in [5.41, 5.74) is 0. The molecule has 6 heteroatoms. The van der Waals surface area contributed by atoms with Crippen molar-refractivity contribution in [3.63, 3.8) is 0 Å². The largest absolute Gasteiger partial charge is 0.493 e. The molecule has 0 saturated carbocycles. The van der Waals surface area contributed by atoms with E-state index in [0.29, 0.717) is 24.5 Å². The lowest BCUT2D eigenvalue weighted by Gasteiger charge is -2.12. The molecular weight excluding hydrogens is 360 g/mol. The Morgan fingerprint density at radius 3 is 1.96 bits per heavy atom. The van der Waals surface area contributed by atoms with Gasteiger partial charge in [0.2, 0.25) is 5.75 Å². The molecule has 0 aliphatic rings. The van der Waals surface area contributed by atoms with Crippen molar-refractivity contribution in [3.8, 4) is 17.2 Å². The lowest BCUT2D eigenvalue weighted by Crippen LogP contribution is -2.11. The van der Waals surface area contributed by atoms with Crippen LogP contribution in [0.4, 0.5) is 0 Å². The number of unbranched alkanes of at least 4 members (excludes halogenated alkanes) is 6. The maximum atomic E-state index is 12.1. The minimum atomic E-state index is -0.442. The van der Waals surface area contributed by atoms with Gasteiger partial charge in [-0.05, 0) is 25.0 Å². The van der Waals surface area contributed by atoms with Gasteiger partial charge >= 0.3 is 11.9 Å². The molecule has 0 atom stereocenters. The summed E-state index contributed by atoms with van der Waals surface area (Å²) in [4.78, 5) is 23.8. The Bertz CT molecular complexity index is 562. The summed E-state index contributed by atoms with van der Waals surface area (Å²) in [7, 11) is 2.99. The average Bonchev–Trinajstić information content (AvgIpc) is 2.70. The minimum Gasteiger partial charge on any atom is -0.493 e. The van der Waals surface area contributed by atoms with Crippen molar-refractivity contribution < 1.29 is 28.5 Å². The zero-order valence-electron chi connectivity index (χ0n) is 17.5. The molecule has 158 valence electrons. The van der Waals surface area contributed by atoms with Gasteiger partial charge in [-0.1, -0.05) is 51.5 Å². The molecule has 0 heterocycles. The molecule has 0 radical (unpaired) electrons. The van der Waals surface area contributed by atoms with Gasteiger partial charge in [-0.3, -0.25) is 9.59 Å². The topological polar surface area (TPSA) is 71.1 Å². The fourth-order valence-corrected chi connectivity index (χ4v) is 2.78. The van der Waals surface area contributed by atoms with Crippen LogP contribution in [0.15, 0.2) is 18.2 Å². The molecule has 0 unspecified atom stereocenters. The Balaban J connectivity index is 2.19. The predicted octanol–water partition coefficient (Wildman–Crippen LogP) is 5.07. The highest BCUT2D eigenvalue weighted by atomic mass is 16.6. The van der Waals surface area contributed by atoms with E-state index in [1.54, 1.807) is 18.2 Å². The minimum absolute atomic E-state index is 0.119. The molecule has 0 amide bonds. The van der Waals surface area contributed by atoms with Crippen molar-refractivity contribution in [2.75, 3.05) is 20.8 Å². The van der Waals surface area contributed by atoms with E-state index in [9.17, 15) is 9.59 Å². The molecule has 28 heavy (non-hydrogen) atoms. The maximum absolute atomic E-state index is 12.1. The molecule has 0 aromatic heterocycles. The van der Waals surface area contributed by atoms with Gasteiger partial charge in [-0.25, -0.2) is 0 Å². The number of methoxy groups -OCH3 is 2. The van der Waals surface area contributed by atoms with Gasteiger partial charge in [0.25, 0.3) is 0 Å². The monoisotopic (exact) mass is 394 g/mol. The van der Waals surface area contributed by atoms with Gasteiger partial charge in [0.05, 0.1) is 20.8 Å². The summed E-state index contributed by atoms with van der Waals surface area (Å²) in [6, 6.07) is 5.12. The van der Waals surface area contributed by atoms with Crippen LogP contribution in [0.2, 0.25) is 0 Å². The smallest absolute Gasteiger partial charge is 0.311 e. The SMILES string of the molecule is CCCCCCCCCOC(=O)CCCC(=O)Oc1c(OC)cccc1OC. The molecule has 0 bridgehead atoms. The number of ether oxygens (including phenoxy) is 4. The second kappa shape index (κ2) is 14.8. The van der Waals surface area contributed by atoms with Crippen LogP contribution in [0.1, 0.15) is 71.1 Å². The number of carbonyl (C=O) groups is 2. The van der Waals surface area contributed by atoms with E-state index in [0.717, 1.165) is 12.8 Å². The van der Waals surface area contributed by atoms with E-state index >= 15 is 0 Å². The maximum Gasteiger partial charge on any atom is 0.311 e. The van der Waals surface area contributed by atoms with Gasteiger partial charge in [-0.2, -0.15) is 0 Å². The Hall–Kier alpha value is -2.24. The van der Waals surface area contributed by atoms with E-state index < -0.39 is 5.97 Å². The number of benzene rings is 1. The number of rotatable bonds is 15. The van der Waals surface area contributed by atoms with Crippen LogP contribution in [0, 0.1) is 0 Å². The molecule has 0 spiro atoms. The van der Waals surface area contributed by atoms with Crippen molar-refractivity contribution in [2.24, 2.45) is 0 Å². The van der Waals surface area contributed by atoms with Crippen LogP contribution >= 0.6 is 0 Å². The molecule has 0 aliphatic heterocycles. The zero-order chi connectivity index (χ0) is 20.6.